The Hall–Kier alpha value is -2.18. The summed E-state index contributed by atoms with van der Waals surface area (Å²) in [7, 11) is 0.330. The molecule has 23 heavy (non-hydrogen) atoms. The van der Waals surface area contributed by atoms with Crippen molar-refractivity contribution in [2.75, 3.05) is 20.6 Å². The van der Waals surface area contributed by atoms with Gasteiger partial charge in [-0.3, -0.25) is 4.68 Å². The van der Waals surface area contributed by atoms with Crippen LogP contribution in [0.3, 0.4) is 0 Å². The van der Waals surface area contributed by atoms with E-state index in [1.165, 1.54) is 0 Å². The topological polar surface area (TPSA) is 55.2 Å². The molecular formula is C17H19N3O2S. The SMILES string of the molecule is CN(C)CCn1nc(S(=O)(=O)c2ccccc2)c2ccccc21. The molecule has 0 bridgehead atoms. The van der Waals surface area contributed by atoms with Crippen LogP contribution in [0.2, 0.25) is 0 Å². The number of benzene rings is 2. The second kappa shape index (κ2) is 6.14. The number of nitrogens with zero attached hydrogens (tertiary/aromatic N) is 3. The molecule has 120 valence electrons. The van der Waals surface area contributed by atoms with Crippen LogP contribution < -0.4 is 0 Å². The molecule has 0 aliphatic carbocycles. The van der Waals surface area contributed by atoms with Gasteiger partial charge in [-0.25, -0.2) is 8.42 Å². The Morgan fingerprint density at radius 1 is 1.00 bits per heavy atom. The molecule has 3 rings (SSSR count). The van der Waals surface area contributed by atoms with E-state index in [4.69, 9.17) is 0 Å². The zero-order chi connectivity index (χ0) is 16.4. The smallest absolute Gasteiger partial charge is 0.226 e. The van der Waals surface area contributed by atoms with Gasteiger partial charge in [0, 0.05) is 11.9 Å². The van der Waals surface area contributed by atoms with Gasteiger partial charge in [0.25, 0.3) is 0 Å². The lowest BCUT2D eigenvalue weighted by molar-refractivity contribution is 0.375. The summed E-state index contributed by atoms with van der Waals surface area (Å²) in [4.78, 5) is 2.31. The first-order chi connectivity index (χ1) is 11.0. The first-order valence-corrected chi connectivity index (χ1v) is 8.89. The quantitative estimate of drug-likeness (QED) is 0.721. The number of para-hydroxylation sites is 1. The second-order valence-electron chi connectivity index (χ2n) is 5.67. The van der Waals surface area contributed by atoms with Crippen LogP contribution in [0.4, 0.5) is 0 Å². The minimum absolute atomic E-state index is 0.123. The Bertz CT molecular complexity index is 915. The van der Waals surface area contributed by atoms with Crippen molar-refractivity contribution >= 4 is 20.7 Å². The fourth-order valence-corrected chi connectivity index (χ4v) is 3.88. The molecule has 6 heteroatoms. The van der Waals surface area contributed by atoms with Crippen LogP contribution in [0.5, 0.6) is 0 Å². The lowest BCUT2D eigenvalue weighted by Gasteiger charge is -2.09. The summed E-state index contributed by atoms with van der Waals surface area (Å²) >= 11 is 0. The lowest BCUT2D eigenvalue weighted by Crippen LogP contribution is -2.19. The molecule has 1 aromatic heterocycles. The van der Waals surface area contributed by atoms with Crippen molar-refractivity contribution < 1.29 is 8.42 Å². The fourth-order valence-electron chi connectivity index (χ4n) is 2.47. The van der Waals surface area contributed by atoms with Crippen LogP contribution in [-0.2, 0) is 16.4 Å². The van der Waals surface area contributed by atoms with Crippen LogP contribution in [0, 0.1) is 0 Å². The zero-order valence-electron chi connectivity index (χ0n) is 13.2. The Morgan fingerprint density at radius 2 is 1.65 bits per heavy atom. The van der Waals surface area contributed by atoms with E-state index < -0.39 is 9.84 Å². The van der Waals surface area contributed by atoms with Crippen molar-refractivity contribution in [2.24, 2.45) is 0 Å². The maximum Gasteiger partial charge on any atom is 0.226 e. The molecule has 0 saturated heterocycles. The predicted octanol–water partition coefficient (Wildman–Crippen LogP) is 2.43. The molecule has 0 fully saturated rings. The van der Waals surface area contributed by atoms with Crippen molar-refractivity contribution in [1.29, 1.82) is 0 Å². The summed E-state index contributed by atoms with van der Waals surface area (Å²) in [6.45, 7) is 1.42. The molecule has 0 spiro atoms. The molecule has 0 N–H and O–H groups in total. The molecule has 0 radical (unpaired) electrons. The van der Waals surface area contributed by atoms with E-state index in [2.05, 4.69) is 5.10 Å². The number of hydrogen-bond acceptors (Lipinski definition) is 4. The summed E-state index contributed by atoms with van der Waals surface area (Å²) in [5.41, 5.74) is 0.837. The third-order valence-corrected chi connectivity index (χ3v) is 5.39. The van der Waals surface area contributed by atoms with E-state index in [0.29, 0.717) is 11.9 Å². The number of aromatic nitrogens is 2. The molecule has 1 heterocycles. The van der Waals surface area contributed by atoms with E-state index in [1.807, 2.05) is 43.3 Å². The van der Waals surface area contributed by atoms with E-state index >= 15 is 0 Å². The zero-order valence-corrected chi connectivity index (χ0v) is 14.0. The highest BCUT2D eigenvalue weighted by Crippen LogP contribution is 2.27. The van der Waals surface area contributed by atoms with E-state index in [9.17, 15) is 8.42 Å². The minimum Gasteiger partial charge on any atom is -0.308 e. The molecule has 0 aliphatic heterocycles. The van der Waals surface area contributed by atoms with Crippen LogP contribution in [-0.4, -0.2) is 43.7 Å². The summed E-state index contributed by atoms with van der Waals surface area (Å²) in [5.74, 6) is 0. The summed E-state index contributed by atoms with van der Waals surface area (Å²) in [6.07, 6.45) is 0. The third-order valence-electron chi connectivity index (χ3n) is 3.69. The molecule has 2 aromatic carbocycles. The van der Waals surface area contributed by atoms with Gasteiger partial charge >= 0.3 is 0 Å². The average Bonchev–Trinajstić information content (AvgIpc) is 2.93. The maximum atomic E-state index is 12.9. The second-order valence-corrected chi connectivity index (χ2v) is 7.53. The van der Waals surface area contributed by atoms with Crippen molar-refractivity contribution in [3.8, 4) is 0 Å². The molecule has 0 amide bonds. The first kappa shape index (κ1) is 15.7. The summed E-state index contributed by atoms with van der Waals surface area (Å²) < 4.78 is 27.6. The average molecular weight is 329 g/mol. The fraction of sp³-hybridized carbons (Fsp3) is 0.235. The van der Waals surface area contributed by atoms with Gasteiger partial charge in [-0.1, -0.05) is 30.3 Å². The van der Waals surface area contributed by atoms with E-state index in [1.54, 1.807) is 35.0 Å². The van der Waals surface area contributed by atoms with Crippen LogP contribution in [0.1, 0.15) is 0 Å². The van der Waals surface area contributed by atoms with Gasteiger partial charge in [0.2, 0.25) is 9.84 Å². The van der Waals surface area contributed by atoms with Gasteiger partial charge in [-0.15, -0.1) is 0 Å². The number of likely N-dealkylation sites (N-methyl/N-ethyl adjacent to an activating group) is 1. The van der Waals surface area contributed by atoms with Gasteiger partial charge in [-0.2, -0.15) is 5.10 Å². The normalized spacial score (nSPS) is 12.1. The van der Waals surface area contributed by atoms with Crippen molar-refractivity contribution in [3.05, 3.63) is 54.6 Å². The highest BCUT2D eigenvalue weighted by Gasteiger charge is 2.24. The van der Waals surface area contributed by atoms with Gasteiger partial charge in [0.1, 0.15) is 0 Å². The molecule has 0 unspecified atom stereocenters. The molecule has 5 nitrogen and oxygen atoms in total. The van der Waals surface area contributed by atoms with Crippen LogP contribution in [0.15, 0.2) is 64.5 Å². The summed E-state index contributed by atoms with van der Waals surface area (Å²) in [6, 6.07) is 15.9. The molecule has 0 saturated carbocycles. The minimum atomic E-state index is -3.63. The number of rotatable bonds is 5. The van der Waals surface area contributed by atoms with Gasteiger partial charge in [0.05, 0.1) is 17.0 Å². The van der Waals surface area contributed by atoms with E-state index in [0.717, 1.165) is 12.1 Å². The van der Waals surface area contributed by atoms with Crippen molar-refractivity contribution in [3.63, 3.8) is 0 Å². The van der Waals surface area contributed by atoms with Gasteiger partial charge in [0.15, 0.2) is 5.03 Å². The van der Waals surface area contributed by atoms with Crippen LogP contribution in [0.25, 0.3) is 10.9 Å². The Kier molecular flexibility index (Phi) is 4.19. The third kappa shape index (κ3) is 3.00. The summed E-state index contributed by atoms with van der Waals surface area (Å²) in [5, 5.41) is 5.20. The number of fused-ring (bicyclic) bond motifs is 1. The largest absolute Gasteiger partial charge is 0.308 e. The highest BCUT2D eigenvalue weighted by molar-refractivity contribution is 7.91. The Labute approximate surface area is 136 Å². The van der Waals surface area contributed by atoms with Crippen LogP contribution >= 0.6 is 0 Å². The van der Waals surface area contributed by atoms with Gasteiger partial charge < -0.3 is 4.90 Å². The highest BCUT2D eigenvalue weighted by atomic mass is 32.2. The molecular weight excluding hydrogens is 310 g/mol. The van der Waals surface area contributed by atoms with Crippen molar-refractivity contribution in [1.82, 2.24) is 14.7 Å². The standard InChI is InChI=1S/C17H19N3O2S/c1-19(2)12-13-20-16-11-7-6-10-15(16)17(18-20)23(21,22)14-8-4-3-5-9-14/h3-11H,12-13H2,1-2H3. The molecule has 0 atom stereocenters. The maximum absolute atomic E-state index is 12.9. The van der Waals surface area contributed by atoms with Gasteiger partial charge in [-0.05, 0) is 38.4 Å². The lowest BCUT2D eigenvalue weighted by atomic mass is 10.2. The first-order valence-electron chi connectivity index (χ1n) is 7.40. The Balaban J connectivity index is 2.15. The predicted molar refractivity (Wildman–Crippen MR) is 90.2 cm³/mol. The van der Waals surface area contributed by atoms with Crippen molar-refractivity contribution in [2.45, 2.75) is 16.5 Å². The number of sulfone groups is 1. The Morgan fingerprint density at radius 3 is 2.35 bits per heavy atom. The monoisotopic (exact) mass is 329 g/mol. The molecule has 0 aliphatic rings. The van der Waals surface area contributed by atoms with E-state index in [-0.39, 0.29) is 9.92 Å². The molecule has 3 aromatic rings. The number of hydrogen-bond donors (Lipinski definition) is 0.